The minimum absolute atomic E-state index is 0.771. The summed E-state index contributed by atoms with van der Waals surface area (Å²) in [5, 5.41) is 12.2. The Morgan fingerprint density at radius 1 is 1.50 bits per heavy atom. The number of thiophene rings is 1. The van der Waals surface area contributed by atoms with E-state index >= 15 is 0 Å². The van der Waals surface area contributed by atoms with Gasteiger partial charge in [-0.1, -0.05) is 13.0 Å². The second-order valence-corrected chi connectivity index (χ2v) is 4.76. The Balaban J connectivity index is 2.89. The first-order valence-electron chi connectivity index (χ1n) is 4.36. The molecule has 0 bridgehead atoms. The molecular formula is C11H8BrNS. The predicted octanol–water partition coefficient (Wildman–Crippen LogP) is 4.10. The van der Waals surface area contributed by atoms with E-state index in [2.05, 4.69) is 28.9 Å². The lowest BCUT2D eigenvalue weighted by Crippen LogP contribution is -1.83. The first kappa shape index (κ1) is 9.70. The third kappa shape index (κ3) is 1.35. The number of fused-ring (bicyclic) bond motifs is 1. The van der Waals surface area contributed by atoms with Crippen LogP contribution >= 0.6 is 27.3 Å². The normalized spacial score (nSPS) is 10.4. The summed E-state index contributed by atoms with van der Waals surface area (Å²) in [6, 6.07) is 6.17. The fourth-order valence-electron chi connectivity index (χ4n) is 1.56. The minimum Gasteiger partial charge on any atom is -0.192 e. The van der Waals surface area contributed by atoms with Crippen LogP contribution in [0, 0.1) is 11.3 Å². The molecule has 0 aliphatic carbocycles. The molecule has 70 valence electrons. The highest BCUT2D eigenvalue weighted by molar-refractivity contribution is 9.10. The molecule has 0 fully saturated rings. The third-order valence-corrected chi connectivity index (χ3v) is 4.21. The Bertz CT molecular complexity index is 522. The molecule has 0 saturated heterocycles. The fraction of sp³-hybridized carbons (Fsp3) is 0.182. The van der Waals surface area contributed by atoms with Gasteiger partial charge >= 0.3 is 0 Å². The highest BCUT2D eigenvalue weighted by Crippen LogP contribution is 2.35. The van der Waals surface area contributed by atoms with E-state index in [0.29, 0.717) is 0 Å². The summed E-state index contributed by atoms with van der Waals surface area (Å²) in [5.74, 6) is 0. The molecule has 2 aromatic rings. The number of aryl methyl sites for hydroxylation is 1. The largest absolute Gasteiger partial charge is 0.192 e. The van der Waals surface area contributed by atoms with E-state index in [1.54, 1.807) is 11.3 Å². The second kappa shape index (κ2) is 3.72. The zero-order valence-electron chi connectivity index (χ0n) is 7.67. The maximum Gasteiger partial charge on any atom is 0.101 e. The van der Waals surface area contributed by atoms with Crippen LogP contribution in [0.5, 0.6) is 0 Å². The SMILES string of the molecule is CCc1ccc(C#N)c2scc(Br)c12. The molecule has 1 aromatic carbocycles. The number of nitriles is 1. The standard InChI is InChI=1S/C11H8BrNS/c1-2-7-3-4-8(5-13)11-10(7)9(12)6-14-11/h3-4,6H,2H2,1H3. The molecule has 1 heterocycles. The minimum atomic E-state index is 0.771. The second-order valence-electron chi connectivity index (χ2n) is 3.03. The molecule has 0 saturated carbocycles. The van der Waals surface area contributed by atoms with Gasteiger partial charge in [0.25, 0.3) is 0 Å². The summed E-state index contributed by atoms with van der Waals surface area (Å²) in [4.78, 5) is 0. The Morgan fingerprint density at radius 2 is 2.29 bits per heavy atom. The maximum absolute atomic E-state index is 8.95. The summed E-state index contributed by atoms with van der Waals surface area (Å²) >= 11 is 5.15. The van der Waals surface area contributed by atoms with Crippen LogP contribution in [0.3, 0.4) is 0 Å². The van der Waals surface area contributed by atoms with Gasteiger partial charge in [0, 0.05) is 15.2 Å². The quantitative estimate of drug-likeness (QED) is 0.762. The third-order valence-electron chi connectivity index (χ3n) is 2.26. The summed E-state index contributed by atoms with van der Waals surface area (Å²) in [5.41, 5.74) is 2.07. The van der Waals surface area contributed by atoms with Gasteiger partial charge in [-0.2, -0.15) is 5.26 Å². The monoisotopic (exact) mass is 265 g/mol. The smallest absolute Gasteiger partial charge is 0.101 e. The number of halogens is 1. The highest BCUT2D eigenvalue weighted by Gasteiger charge is 2.09. The predicted molar refractivity (Wildman–Crippen MR) is 63.6 cm³/mol. The molecule has 0 aliphatic heterocycles. The van der Waals surface area contributed by atoms with E-state index in [4.69, 9.17) is 5.26 Å². The lowest BCUT2D eigenvalue weighted by atomic mass is 10.1. The van der Waals surface area contributed by atoms with Crippen molar-refractivity contribution in [2.75, 3.05) is 0 Å². The van der Waals surface area contributed by atoms with Gasteiger partial charge < -0.3 is 0 Å². The van der Waals surface area contributed by atoms with Gasteiger partial charge in [-0.25, -0.2) is 0 Å². The van der Waals surface area contributed by atoms with Crippen LogP contribution < -0.4 is 0 Å². The van der Waals surface area contributed by atoms with Crippen LogP contribution in [0.1, 0.15) is 18.1 Å². The van der Waals surface area contributed by atoms with Crippen LogP contribution in [0.15, 0.2) is 22.0 Å². The summed E-state index contributed by atoms with van der Waals surface area (Å²) < 4.78 is 2.20. The van der Waals surface area contributed by atoms with Crippen molar-refractivity contribution < 1.29 is 0 Å². The van der Waals surface area contributed by atoms with Crippen molar-refractivity contribution in [3.05, 3.63) is 33.1 Å². The first-order valence-corrected chi connectivity index (χ1v) is 6.04. The number of hydrogen-bond acceptors (Lipinski definition) is 2. The number of benzene rings is 1. The van der Waals surface area contributed by atoms with Crippen molar-refractivity contribution in [3.63, 3.8) is 0 Å². The molecule has 0 spiro atoms. The van der Waals surface area contributed by atoms with Gasteiger partial charge in [0.1, 0.15) is 6.07 Å². The molecule has 3 heteroatoms. The molecule has 2 rings (SSSR count). The van der Waals surface area contributed by atoms with E-state index < -0.39 is 0 Å². The lowest BCUT2D eigenvalue weighted by Gasteiger charge is -2.01. The maximum atomic E-state index is 8.95. The molecule has 14 heavy (non-hydrogen) atoms. The Morgan fingerprint density at radius 3 is 2.93 bits per heavy atom. The van der Waals surface area contributed by atoms with E-state index in [-0.39, 0.29) is 0 Å². The van der Waals surface area contributed by atoms with Crippen molar-refractivity contribution in [3.8, 4) is 6.07 Å². The topological polar surface area (TPSA) is 23.8 Å². The zero-order valence-corrected chi connectivity index (χ0v) is 10.1. The van der Waals surface area contributed by atoms with Gasteiger partial charge in [-0.3, -0.25) is 0 Å². The van der Waals surface area contributed by atoms with E-state index in [9.17, 15) is 0 Å². The molecule has 1 aromatic heterocycles. The van der Waals surface area contributed by atoms with E-state index in [1.165, 1.54) is 10.9 Å². The summed E-state index contributed by atoms with van der Waals surface area (Å²) in [7, 11) is 0. The average molecular weight is 266 g/mol. The van der Waals surface area contributed by atoms with E-state index in [1.807, 2.05) is 17.5 Å². The molecule has 0 atom stereocenters. The van der Waals surface area contributed by atoms with Gasteiger partial charge in [0.05, 0.1) is 10.3 Å². The van der Waals surface area contributed by atoms with Crippen molar-refractivity contribution in [1.29, 1.82) is 5.26 Å². The first-order chi connectivity index (χ1) is 6.77. The van der Waals surface area contributed by atoms with Gasteiger partial charge in [-0.05, 0) is 34.0 Å². The zero-order chi connectivity index (χ0) is 10.1. The number of hydrogen-bond donors (Lipinski definition) is 0. The van der Waals surface area contributed by atoms with Crippen molar-refractivity contribution in [2.45, 2.75) is 13.3 Å². The molecular weight excluding hydrogens is 258 g/mol. The van der Waals surface area contributed by atoms with Crippen LogP contribution in [0.4, 0.5) is 0 Å². The van der Waals surface area contributed by atoms with Gasteiger partial charge in [0.15, 0.2) is 0 Å². The van der Waals surface area contributed by atoms with Crippen molar-refractivity contribution in [1.82, 2.24) is 0 Å². The summed E-state index contributed by atoms with van der Waals surface area (Å²) in [6.45, 7) is 2.13. The molecule has 0 radical (unpaired) electrons. The molecule has 0 amide bonds. The van der Waals surface area contributed by atoms with Crippen LogP contribution in [0.25, 0.3) is 10.1 Å². The Hall–Kier alpha value is -0.850. The van der Waals surface area contributed by atoms with Gasteiger partial charge in [-0.15, -0.1) is 11.3 Å². The van der Waals surface area contributed by atoms with Crippen LogP contribution in [0.2, 0.25) is 0 Å². The van der Waals surface area contributed by atoms with E-state index in [0.717, 1.165) is 21.2 Å². The highest BCUT2D eigenvalue weighted by atomic mass is 79.9. The van der Waals surface area contributed by atoms with Gasteiger partial charge in [0.2, 0.25) is 0 Å². The Labute approximate surface area is 95.1 Å². The summed E-state index contributed by atoms with van der Waals surface area (Å²) in [6.07, 6.45) is 0.998. The Kier molecular flexibility index (Phi) is 2.58. The molecule has 0 N–H and O–H groups in total. The van der Waals surface area contributed by atoms with Crippen molar-refractivity contribution in [2.24, 2.45) is 0 Å². The fourth-order valence-corrected chi connectivity index (χ4v) is 3.36. The molecule has 0 unspecified atom stereocenters. The molecule has 0 aliphatic rings. The molecule has 1 nitrogen and oxygen atoms in total. The average Bonchev–Trinajstić information content (AvgIpc) is 2.60. The number of nitrogens with zero attached hydrogens (tertiary/aromatic N) is 1. The van der Waals surface area contributed by atoms with Crippen LogP contribution in [-0.4, -0.2) is 0 Å². The van der Waals surface area contributed by atoms with Crippen molar-refractivity contribution >= 4 is 37.4 Å². The number of rotatable bonds is 1. The lowest BCUT2D eigenvalue weighted by molar-refractivity contribution is 1.16. The van der Waals surface area contributed by atoms with Crippen LogP contribution in [-0.2, 0) is 6.42 Å².